The molecule has 0 aliphatic heterocycles. The molecule has 0 saturated carbocycles. The van der Waals surface area contributed by atoms with Crippen LogP contribution in [0.25, 0.3) is 10.9 Å². The molecular weight excluding hydrogens is 328 g/mol. The summed E-state index contributed by atoms with van der Waals surface area (Å²) in [6.45, 7) is 4.09. The van der Waals surface area contributed by atoms with Crippen molar-refractivity contribution in [1.29, 1.82) is 0 Å². The maximum absolute atomic E-state index is 11.8. The molecule has 0 spiro atoms. The van der Waals surface area contributed by atoms with Crippen LogP contribution < -0.4 is 10.5 Å². The van der Waals surface area contributed by atoms with E-state index in [9.17, 15) is 4.79 Å². The van der Waals surface area contributed by atoms with Crippen LogP contribution in [0.3, 0.4) is 0 Å². The Kier molecular flexibility index (Phi) is 5.00. The molecule has 3 rings (SSSR count). The summed E-state index contributed by atoms with van der Waals surface area (Å²) in [6, 6.07) is 13.2. The van der Waals surface area contributed by atoms with E-state index in [1.165, 1.54) is 7.11 Å². The highest BCUT2D eigenvalue weighted by atomic mass is 16.5. The van der Waals surface area contributed by atoms with Crippen LogP contribution in [0.5, 0.6) is 11.6 Å². The molecule has 136 valence electrons. The number of para-hydroxylation sites is 1. The third-order valence-electron chi connectivity index (χ3n) is 4.84. The SMILES string of the molecule is COC(=O)C(N)Cc1c(Oc2cccc(C)c2C)n(C)c2ccccc12. The quantitative estimate of drug-likeness (QED) is 0.712. The van der Waals surface area contributed by atoms with Crippen molar-refractivity contribution in [2.75, 3.05) is 7.11 Å². The van der Waals surface area contributed by atoms with Crippen LogP contribution >= 0.6 is 0 Å². The van der Waals surface area contributed by atoms with E-state index >= 15 is 0 Å². The molecule has 1 aromatic heterocycles. The summed E-state index contributed by atoms with van der Waals surface area (Å²) in [6.07, 6.45) is 0.341. The Morgan fingerprint density at radius 2 is 1.88 bits per heavy atom. The third-order valence-corrected chi connectivity index (χ3v) is 4.84. The Hall–Kier alpha value is -2.79. The van der Waals surface area contributed by atoms with E-state index in [1.54, 1.807) is 0 Å². The van der Waals surface area contributed by atoms with Crippen molar-refractivity contribution in [2.24, 2.45) is 12.8 Å². The molecule has 0 bridgehead atoms. The number of nitrogens with zero attached hydrogens (tertiary/aromatic N) is 1. The molecule has 1 heterocycles. The number of rotatable bonds is 5. The lowest BCUT2D eigenvalue weighted by atomic mass is 10.0. The molecule has 0 saturated heterocycles. The second-order valence-corrected chi connectivity index (χ2v) is 6.49. The highest BCUT2D eigenvalue weighted by molar-refractivity contribution is 5.88. The highest BCUT2D eigenvalue weighted by Crippen LogP contribution is 2.36. The summed E-state index contributed by atoms with van der Waals surface area (Å²) in [5.41, 5.74) is 10.2. The number of hydrogen-bond donors (Lipinski definition) is 1. The zero-order valence-electron chi connectivity index (χ0n) is 15.6. The molecule has 0 aliphatic rings. The van der Waals surface area contributed by atoms with E-state index in [0.717, 1.165) is 33.3 Å². The molecule has 2 aromatic carbocycles. The van der Waals surface area contributed by atoms with Gasteiger partial charge in [-0.3, -0.25) is 4.79 Å². The largest absolute Gasteiger partial charge is 0.468 e. The van der Waals surface area contributed by atoms with Gasteiger partial charge in [0.2, 0.25) is 5.88 Å². The molecule has 1 atom stereocenters. The molecule has 0 amide bonds. The molecule has 26 heavy (non-hydrogen) atoms. The Balaban J connectivity index is 2.11. The van der Waals surface area contributed by atoms with Crippen LogP contribution in [-0.4, -0.2) is 23.7 Å². The molecule has 0 aliphatic carbocycles. The molecule has 5 nitrogen and oxygen atoms in total. The van der Waals surface area contributed by atoms with Crippen molar-refractivity contribution in [3.63, 3.8) is 0 Å². The number of aryl methyl sites for hydroxylation is 2. The predicted octanol–water partition coefficient (Wildman–Crippen LogP) is 3.63. The van der Waals surface area contributed by atoms with Gasteiger partial charge in [-0.15, -0.1) is 0 Å². The molecule has 5 heteroatoms. The summed E-state index contributed by atoms with van der Waals surface area (Å²) in [7, 11) is 3.30. The fraction of sp³-hybridized carbons (Fsp3) is 0.286. The average Bonchev–Trinajstić information content (AvgIpc) is 2.90. The van der Waals surface area contributed by atoms with Gasteiger partial charge in [-0.1, -0.05) is 30.3 Å². The normalized spacial score (nSPS) is 12.2. The Bertz CT molecular complexity index is 959. The van der Waals surface area contributed by atoms with Gasteiger partial charge in [0.15, 0.2) is 0 Å². The van der Waals surface area contributed by atoms with Gasteiger partial charge in [-0.25, -0.2) is 0 Å². The van der Waals surface area contributed by atoms with Gasteiger partial charge in [0.1, 0.15) is 11.8 Å². The minimum atomic E-state index is -0.744. The fourth-order valence-electron chi connectivity index (χ4n) is 3.17. The van der Waals surface area contributed by atoms with E-state index in [1.807, 2.05) is 54.9 Å². The number of ether oxygens (including phenoxy) is 2. The molecule has 0 radical (unpaired) electrons. The second-order valence-electron chi connectivity index (χ2n) is 6.49. The van der Waals surface area contributed by atoms with Crippen LogP contribution in [0.2, 0.25) is 0 Å². The Morgan fingerprint density at radius 1 is 1.15 bits per heavy atom. The standard InChI is InChI=1S/C21H24N2O3/c1-13-8-7-11-19(14(13)2)26-20-16(12-17(22)21(24)25-4)15-9-5-6-10-18(15)23(20)3/h5-11,17H,12,22H2,1-4H3. The summed E-state index contributed by atoms with van der Waals surface area (Å²) in [5.74, 6) is 1.05. The van der Waals surface area contributed by atoms with Crippen LogP contribution in [0, 0.1) is 13.8 Å². The lowest BCUT2D eigenvalue weighted by molar-refractivity contribution is -0.142. The maximum Gasteiger partial charge on any atom is 0.322 e. The molecule has 2 N–H and O–H groups in total. The number of fused-ring (bicyclic) bond motifs is 1. The number of esters is 1. The lowest BCUT2D eigenvalue weighted by Crippen LogP contribution is -2.33. The monoisotopic (exact) mass is 352 g/mol. The smallest absolute Gasteiger partial charge is 0.322 e. The van der Waals surface area contributed by atoms with Crippen molar-refractivity contribution in [3.05, 3.63) is 59.2 Å². The van der Waals surface area contributed by atoms with Gasteiger partial charge in [0, 0.05) is 24.4 Å². The minimum Gasteiger partial charge on any atom is -0.468 e. The van der Waals surface area contributed by atoms with Gasteiger partial charge in [-0.2, -0.15) is 0 Å². The number of nitrogens with two attached hydrogens (primary N) is 1. The zero-order valence-corrected chi connectivity index (χ0v) is 15.6. The first-order valence-electron chi connectivity index (χ1n) is 8.57. The first kappa shape index (κ1) is 18.0. The third kappa shape index (κ3) is 3.18. The van der Waals surface area contributed by atoms with Crippen LogP contribution in [0.15, 0.2) is 42.5 Å². The van der Waals surface area contributed by atoms with E-state index < -0.39 is 12.0 Å². The van der Waals surface area contributed by atoms with Crippen LogP contribution in [-0.2, 0) is 23.0 Å². The number of benzene rings is 2. The van der Waals surface area contributed by atoms with Crippen molar-refractivity contribution in [3.8, 4) is 11.6 Å². The van der Waals surface area contributed by atoms with Gasteiger partial charge >= 0.3 is 5.97 Å². The first-order valence-corrected chi connectivity index (χ1v) is 8.57. The van der Waals surface area contributed by atoms with Gasteiger partial charge < -0.3 is 19.8 Å². The fourth-order valence-corrected chi connectivity index (χ4v) is 3.17. The van der Waals surface area contributed by atoms with Gasteiger partial charge in [0.05, 0.1) is 12.6 Å². The van der Waals surface area contributed by atoms with Crippen LogP contribution in [0.1, 0.15) is 16.7 Å². The van der Waals surface area contributed by atoms with E-state index in [2.05, 4.69) is 13.0 Å². The number of aromatic nitrogens is 1. The van der Waals surface area contributed by atoms with Crippen molar-refractivity contribution in [1.82, 2.24) is 4.57 Å². The van der Waals surface area contributed by atoms with Crippen molar-refractivity contribution in [2.45, 2.75) is 26.3 Å². The second kappa shape index (κ2) is 7.22. The van der Waals surface area contributed by atoms with E-state index in [4.69, 9.17) is 15.2 Å². The topological polar surface area (TPSA) is 66.5 Å². The highest BCUT2D eigenvalue weighted by Gasteiger charge is 2.23. The number of carbonyl (C=O) groups excluding carboxylic acids is 1. The molecule has 0 fully saturated rings. The van der Waals surface area contributed by atoms with E-state index in [-0.39, 0.29) is 0 Å². The zero-order chi connectivity index (χ0) is 18.8. The molecule has 3 aromatic rings. The van der Waals surface area contributed by atoms with Crippen molar-refractivity contribution >= 4 is 16.9 Å². The number of carbonyl (C=O) groups is 1. The van der Waals surface area contributed by atoms with Crippen LogP contribution in [0.4, 0.5) is 0 Å². The average molecular weight is 352 g/mol. The van der Waals surface area contributed by atoms with E-state index in [0.29, 0.717) is 12.3 Å². The Labute approximate surface area is 153 Å². The maximum atomic E-state index is 11.8. The van der Waals surface area contributed by atoms with Gasteiger partial charge in [-0.05, 0) is 37.1 Å². The van der Waals surface area contributed by atoms with Gasteiger partial charge in [0.25, 0.3) is 0 Å². The summed E-state index contributed by atoms with van der Waals surface area (Å²) < 4.78 is 13.1. The number of methoxy groups -OCH3 is 1. The Morgan fingerprint density at radius 3 is 2.62 bits per heavy atom. The summed E-state index contributed by atoms with van der Waals surface area (Å²) in [4.78, 5) is 11.8. The summed E-state index contributed by atoms with van der Waals surface area (Å²) in [5, 5.41) is 1.02. The number of hydrogen-bond acceptors (Lipinski definition) is 4. The minimum absolute atomic E-state index is 0.341. The predicted molar refractivity (Wildman–Crippen MR) is 103 cm³/mol. The molecular formula is C21H24N2O3. The lowest BCUT2D eigenvalue weighted by Gasteiger charge is -2.15. The first-order chi connectivity index (χ1) is 12.4. The van der Waals surface area contributed by atoms with Crippen molar-refractivity contribution < 1.29 is 14.3 Å². The molecule has 1 unspecified atom stereocenters. The summed E-state index contributed by atoms with van der Waals surface area (Å²) >= 11 is 0.